The molecule has 0 radical (unpaired) electrons. The summed E-state index contributed by atoms with van der Waals surface area (Å²) in [6.07, 6.45) is 0. The Kier molecular flexibility index (Phi) is 5.40. The molecule has 3 aromatic rings. The Balaban J connectivity index is 1.72. The van der Waals surface area contributed by atoms with Gasteiger partial charge in [-0.1, -0.05) is 12.1 Å². The van der Waals surface area contributed by atoms with Gasteiger partial charge in [-0.2, -0.15) is 0 Å². The fourth-order valence-corrected chi connectivity index (χ4v) is 3.99. The summed E-state index contributed by atoms with van der Waals surface area (Å²) < 4.78 is 16.9. The van der Waals surface area contributed by atoms with Crippen LogP contribution in [0.1, 0.15) is 21.1 Å². The van der Waals surface area contributed by atoms with Crippen molar-refractivity contribution in [2.24, 2.45) is 0 Å². The van der Waals surface area contributed by atoms with Gasteiger partial charge in [0.2, 0.25) is 0 Å². The molecule has 0 bridgehead atoms. The SMILES string of the molecule is COc1cccc(-c2cc3c(c(OC)c2)OCCN(C(=O)c2csc(C)n2)C3)c1. The van der Waals surface area contributed by atoms with Gasteiger partial charge in [0.15, 0.2) is 11.5 Å². The van der Waals surface area contributed by atoms with E-state index in [1.54, 1.807) is 24.5 Å². The van der Waals surface area contributed by atoms with Crippen molar-refractivity contribution >= 4 is 17.2 Å². The molecule has 0 fully saturated rings. The summed E-state index contributed by atoms with van der Waals surface area (Å²) in [7, 11) is 3.27. The number of carbonyl (C=O) groups excluding carboxylic acids is 1. The van der Waals surface area contributed by atoms with E-state index in [9.17, 15) is 4.79 Å². The summed E-state index contributed by atoms with van der Waals surface area (Å²) in [6, 6.07) is 11.8. The van der Waals surface area contributed by atoms with Crippen LogP contribution in [0.4, 0.5) is 0 Å². The first-order valence-electron chi connectivity index (χ1n) is 9.28. The molecule has 4 rings (SSSR count). The molecular formula is C22H22N2O4S. The average molecular weight is 410 g/mol. The van der Waals surface area contributed by atoms with E-state index in [4.69, 9.17) is 14.2 Å². The molecule has 1 aliphatic heterocycles. The lowest BCUT2D eigenvalue weighted by Gasteiger charge is -2.19. The Morgan fingerprint density at radius 1 is 1.17 bits per heavy atom. The second-order valence-corrected chi connectivity index (χ2v) is 7.79. The van der Waals surface area contributed by atoms with Crippen molar-refractivity contribution in [3.63, 3.8) is 0 Å². The number of carbonyl (C=O) groups is 1. The third kappa shape index (κ3) is 3.91. The summed E-state index contributed by atoms with van der Waals surface area (Å²) in [6.45, 7) is 3.21. The lowest BCUT2D eigenvalue weighted by molar-refractivity contribution is 0.0728. The Morgan fingerprint density at radius 2 is 2.03 bits per heavy atom. The molecule has 150 valence electrons. The van der Waals surface area contributed by atoms with Crippen molar-refractivity contribution in [1.82, 2.24) is 9.88 Å². The van der Waals surface area contributed by atoms with E-state index in [1.807, 2.05) is 43.3 Å². The summed E-state index contributed by atoms with van der Waals surface area (Å²) in [5.74, 6) is 2.03. The topological polar surface area (TPSA) is 60.9 Å². The number of hydrogen-bond donors (Lipinski definition) is 0. The summed E-state index contributed by atoms with van der Waals surface area (Å²) in [5, 5.41) is 2.68. The van der Waals surface area contributed by atoms with Crippen LogP contribution >= 0.6 is 11.3 Å². The largest absolute Gasteiger partial charge is 0.497 e. The summed E-state index contributed by atoms with van der Waals surface area (Å²) in [5.41, 5.74) is 3.36. The highest BCUT2D eigenvalue weighted by atomic mass is 32.1. The minimum atomic E-state index is -0.0865. The fourth-order valence-electron chi connectivity index (χ4n) is 3.40. The molecule has 0 saturated carbocycles. The number of amides is 1. The molecule has 0 atom stereocenters. The molecule has 0 saturated heterocycles. The Labute approximate surface area is 173 Å². The van der Waals surface area contributed by atoms with Crippen LogP contribution in [-0.2, 0) is 6.54 Å². The van der Waals surface area contributed by atoms with Gasteiger partial charge >= 0.3 is 0 Å². The van der Waals surface area contributed by atoms with Crippen LogP contribution in [0.2, 0.25) is 0 Å². The second-order valence-electron chi connectivity index (χ2n) is 6.73. The van der Waals surface area contributed by atoms with Crippen molar-refractivity contribution in [2.75, 3.05) is 27.4 Å². The molecule has 0 N–H and O–H groups in total. The van der Waals surface area contributed by atoms with Gasteiger partial charge < -0.3 is 19.1 Å². The third-order valence-electron chi connectivity index (χ3n) is 4.85. The molecule has 2 aromatic carbocycles. The number of nitrogens with zero attached hydrogens (tertiary/aromatic N) is 2. The molecule has 1 amide bonds. The molecule has 0 unspecified atom stereocenters. The predicted molar refractivity (Wildman–Crippen MR) is 112 cm³/mol. The number of aromatic nitrogens is 1. The van der Waals surface area contributed by atoms with Crippen molar-refractivity contribution in [1.29, 1.82) is 0 Å². The van der Waals surface area contributed by atoms with E-state index >= 15 is 0 Å². The number of aryl methyl sites for hydroxylation is 1. The second kappa shape index (κ2) is 8.13. The van der Waals surface area contributed by atoms with Crippen LogP contribution in [0.15, 0.2) is 41.8 Å². The molecule has 0 spiro atoms. The molecule has 1 aromatic heterocycles. The van der Waals surface area contributed by atoms with Crippen LogP contribution in [0.25, 0.3) is 11.1 Å². The minimum absolute atomic E-state index is 0.0865. The minimum Gasteiger partial charge on any atom is -0.497 e. The third-order valence-corrected chi connectivity index (χ3v) is 5.62. The Morgan fingerprint density at radius 3 is 2.76 bits per heavy atom. The highest BCUT2D eigenvalue weighted by molar-refractivity contribution is 7.09. The van der Waals surface area contributed by atoms with Gasteiger partial charge in [0.1, 0.15) is 18.1 Å². The highest BCUT2D eigenvalue weighted by Gasteiger charge is 2.25. The van der Waals surface area contributed by atoms with Gasteiger partial charge in [0.25, 0.3) is 5.91 Å². The fraction of sp³-hybridized carbons (Fsp3) is 0.273. The van der Waals surface area contributed by atoms with Crippen molar-refractivity contribution in [2.45, 2.75) is 13.5 Å². The average Bonchev–Trinajstić information content (AvgIpc) is 3.07. The standard InChI is InChI=1S/C22H22N2O4S/c1-14-23-19(13-29-14)22(25)24-7-8-28-21-17(12-24)9-16(11-20(21)27-3)15-5-4-6-18(10-15)26-2/h4-6,9-11,13H,7-8,12H2,1-3H3. The molecule has 29 heavy (non-hydrogen) atoms. The smallest absolute Gasteiger partial charge is 0.273 e. The lowest BCUT2D eigenvalue weighted by atomic mass is 10.0. The molecule has 6 nitrogen and oxygen atoms in total. The number of ether oxygens (including phenoxy) is 3. The number of fused-ring (bicyclic) bond motifs is 1. The Bertz CT molecular complexity index is 1050. The summed E-state index contributed by atoms with van der Waals surface area (Å²) in [4.78, 5) is 19.0. The first-order valence-corrected chi connectivity index (χ1v) is 10.2. The van der Waals surface area contributed by atoms with Crippen LogP contribution in [-0.4, -0.2) is 43.2 Å². The van der Waals surface area contributed by atoms with E-state index in [2.05, 4.69) is 4.98 Å². The number of benzene rings is 2. The van der Waals surface area contributed by atoms with Gasteiger partial charge in [0.05, 0.1) is 25.8 Å². The number of hydrogen-bond acceptors (Lipinski definition) is 6. The molecule has 0 aliphatic carbocycles. The normalized spacial score (nSPS) is 13.3. The molecular weight excluding hydrogens is 388 g/mol. The number of thiazole rings is 1. The zero-order valence-corrected chi connectivity index (χ0v) is 17.4. The molecule has 7 heteroatoms. The van der Waals surface area contributed by atoms with Gasteiger partial charge in [-0.05, 0) is 42.3 Å². The maximum absolute atomic E-state index is 12.9. The van der Waals surface area contributed by atoms with Crippen LogP contribution in [0.3, 0.4) is 0 Å². The van der Waals surface area contributed by atoms with Crippen molar-refractivity contribution in [3.05, 3.63) is 58.0 Å². The first kappa shape index (κ1) is 19.3. The van der Waals surface area contributed by atoms with Gasteiger partial charge in [-0.15, -0.1) is 11.3 Å². The lowest BCUT2D eigenvalue weighted by Crippen LogP contribution is -2.32. The van der Waals surface area contributed by atoms with Crippen LogP contribution in [0.5, 0.6) is 17.2 Å². The van der Waals surface area contributed by atoms with E-state index in [0.717, 1.165) is 27.4 Å². The highest BCUT2D eigenvalue weighted by Crippen LogP contribution is 2.39. The monoisotopic (exact) mass is 410 g/mol. The van der Waals surface area contributed by atoms with E-state index < -0.39 is 0 Å². The number of rotatable bonds is 4. The maximum Gasteiger partial charge on any atom is 0.273 e. The van der Waals surface area contributed by atoms with Gasteiger partial charge in [0, 0.05) is 17.5 Å². The first-order chi connectivity index (χ1) is 14.1. The van der Waals surface area contributed by atoms with Gasteiger partial charge in [-0.3, -0.25) is 4.79 Å². The zero-order valence-electron chi connectivity index (χ0n) is 16.6. The van der Waals surface area contributed by atoms with E-state index in [0.29, 0.717) is 36.9 Å². The zero-order chi connectivity index (χ0) is 20.4. The predicted octanol–water partition coefficient (Wildman–Crippen LogP) is 4.17. The Hall–Kier alpha value is -3.06. The van der Waals surface area contributed by atoms with E-state index in [-0.39, 0.29) is 5.91 Å². The number of methoxy groups -OCH3 is 2. The van der Waals surface area contributed by atoms with Crippen molar-refractivity contribution < 1.29 is 19.0 Å². The van der Waals surface area contributed by atoms with Gasteiger partial charge in [-0.25, -0.2) is 4.98 Å². The van der Waals surface area contributed by atoms with Crippen LogP contribution < -0.4 is 14.2 Å². The van der Waals surface area contributed by atoms with Crippen molar-refractivity contribution in [3.8, 4) is 28.4 Å². The van der Waals surface area contributed by atoms with Crippen LogP contribution in [0, 0.1) is 6.92 Å². The van der Waals surface area contributed by atoms with E-state index in [1.165, 1.54) is 11.3 Å². The maximum atomic E-state index is 12.9. The quantitative estimate of drug-likeness (QED) is 0.646. The molecule has 2 heterocycles. The summed E-state index contributed by atoms with van der Waals surface area (Å²) >= 11 is 1.48. The molecule has 1 aliphatic rings.